The first-order valence-corrected chi connectivity index (χ1v) is 6.12. The quantitative estimate of drug-likeness (QED) is 0.835. The summed E-state index contributed by atoms with van der Waals surface area (Å²) in [5.41, 5.74) is 3.21. The van der Waals surface area contributed by atoms with E-state index in [2.05, 4.69) is 25.2 Å². The summed E-state index contributed by atoms with van der Waals surface area (Å²) in [5.74, 6) is 0.825. The lowest BCUT2D eigenvalue weighted by molar-refractivity contribution is -0.115. The number of aliphatic hydroxyl groups is 1. The molecule has 1 amide bonds. The standard InChI is InChI=1S/C14H19NO2/c1-9(2)12(8-16)6-10-3-4-13-11(5-10)7-14(17)15-13/h3-5,9,12,16H,6-8H2,1-2H3,(H,15,17). The molecule has 1 aromatic rings. The number of anilines is 1. The van der Waals surface area contributed by atoms with Crippen molar-refractivity contribution in [1.29, 1.82) is 0 Å². The number of benzene rings is 1. The normalized spacial score (nSPS) is 15.9. The summed E-state index contributed by atoms with van der Waals surface area (Å²) in [4.78, 5) is 11.2. The lowest BCUT2D eigenvalue weighted by Crippen LogP contribution is -2.16. The predicted molar refractivity (Wildman–Crippen MR) is 67.9 cm³/mol. The molecular weight excluding hydrogens is 214 g/mol. The number of amides is 1. The van der Waals surface area contributed by atoms with Gasteiger partial charge < -0.3 is 10.4 Å². The van der Waals surface area contributed by atoms with Gasteiger partial charge in [-0.1, -0.05) is 26.0 Å². The molecule has 3 nitrogen and oxygen atoms in total. The van der Waals surface area contributed by atoms with E-state index in [1.807, 2.05) is 12.1 Å². The number of hydrogen-bond acceptors (Lipinski definition) is 2. The van der Waals surface area contributed by atoms with Crippen molar-refractivity contribution < 1.29 is 9.90 Å². The minimum Gasteiger partial charge on any atom is -0.396 e. The van der Waals surface area contributed by atoms with Crippen LogP contribution in [0.25, 0.3) is 0 Å². The summed E-state index contributed by atoms with van der Waals surface area (Å²) in [5, 5.41) is 12.2. The van der Waals surface area contributed by atoms with E-state index in [1.165, 1.54) is 5.56 Å². The van der Waals surface area contributed by atoms with Gasteiger partial charge in [-0.25, -0.2) is 0 Å². The summed E-state index contributed by atoms with van der Waals surface area (Å²) in [6, 6.07) is 6.08. The van der Waals surface area contributed by atoms with Gasteiger partial charge in [-0.2, -0.15) is 0 Å². The maximum absolute atomic E-state index is 11.2. The Morgan fingerprint density at radius 3 is 2.82 bits per heavy atom. The fourth-order valence-corrected chi connectivity index (χ4v) is 2.22. The van der Waals surface area contributed by atoms with Gasteiger partial charge in [-0.15, -0.1) is 0 Å². The molecule has 0 radical (unpaired) electrons. The SMILES string of the molecule is CC(C)C(CO)Cc1ccc2c(c1)CC(=O)N2. The molecule has 1 aliphatic heterocycles. The van der Waals surface area contributed by atoms with Crippen molar-refractivity contribution in [3.8, 4) is 0 Å². The highest BCUT2D eigenvalue weighted by atomic mass is 16.3. The van der Waals surface area contributed by atoms with E-state index < -0.39 is 0 Å². The van der Waals surface area contributed by atoms with E-state index >= 15 is 0 Å². The van der Waals surface area contributed by atoms with Crippen molar-refractivity contribution in [2.75, 3.05) is 11.9 Å². The van der Waals surface area contributed by atoms with Crippen LogP contribution in [0.5, 0.6) is 0 Å². The molecule has 0 saturated carbocycles. The zero-order chi connectivity index (χ0) is 12.4. The molecule has 0 aliphatic carbocycles. The number of carbonyl (C=O) groups excluding carboxylic acids is 1. The molecule has 92 valence electrons. The highest BCUT2D eigenvalue weighted by Gasteiger charge is 2.19. The van der Waals surface area contributed by atoms with Crippen molar-refractivity contribution in [3.63, 3.8) is 0 Å². The van der Waals surface area contributed by atoms with Gasteiger partial charge in [0, 0.05) is 12.3 Å². The van der Waals surface area contributed by atoms with Crippen LogP contribution in [0.2, 0.25) is 0 Å². The molecule has 1 atom stereocenters. The molecule has 0 spiro atoms. The van der Waals surface area contributed by atoms with Gasteiger partial charge >= 0.3 is 0 Å². The van der Waals surface area contributed by atoms with E-state index in [9.17, 15) is 9.90 Å². The van der Waals surface area contributed by atoms with Gasteiger partial charge in [0.05, 0.1) is 6.42 Å². The molecule has 1 aliphatic rings. The molecule has 0 saturated heterocycles. The van der Waals surface area contributed by atoms with Crippen LogP contribution in [0.3, 0.4) is 0 Å². The minimum atomic E-state index is 0.0692. The fourth-order valence-electron chi connectivity index (χ4n) is 2.22. The number of rotatable bonds is 4. The molecule has 0 fully saturated rings. The lowest BCUT2D eigenvalue weighted by Gasteiger charge is -2.18. The zero-order valence-electron chi connectivity index (χ0n) is 10.4. The molecule has 17 heavy (non-hydrogen) atoms. The van der Waals surface area contributed by atoms with Crippen LogP contribution in [0.1, 0.15) is 25.0 Å². The Morgan fingerprint density at radius 1 is 1.41 bits per heavy atom. The summed E-state index contributed by atoms with van der Waals surface area (Å²) in [7, 11) is 0. The average molecular weight is 233 g/mol. The van der Waals surface area contributed by atoms with Crippen molar-refractivity contribution in [2.24, 2.45) is 11.8 Å². The fraction of sp³-hybridized carbons (Fsp3) is 0.500. The molecule has 1 heterocycles. The van der Waals surface area contributed by atoms with Gasteiger partial charge in [0.25, 0.3) is 0 Å². The minimum absolute atomic E-state index is 0.0692. The second kappa shape index (κ2) is 4.88. The third-order valence-corrected chi connectivity index (χ3v) is 3.47. The number of hydrogen-bond donors (Lipinski definition) is 2. The Morgan fingerprint density at radius 2 is 2.18 bits per heavy atom. The number of carbonyl (C=O) groups is 1. The Labute approximate surface area is 102 Å². The van der Waals surface area contributed by atoms with E-state index in [4.69, 9.17) is 0 Å². The van der Waals surface area contributed by atoms with Crippen molar-refractivity contribution in [1.82, 2.24) is 0 Å². The average Bonchev–Trinajstić information content (AvgIpc) is 2.64. The molecule has 0 bridgehead atoms. The van der Waals surface area contributed by atoms with Gasteiger partial charge in [0.15, 0.2) is 0 Å². The first-order valence-electron chi connectivity index (χ1n) is 6.12. The topological polar surface area (TPSA) is 49.3 Å². The molecule has 2 rings (SSSR count). The highest BCUT2D eigenvalue weighted by molar-refractivity contribution is 5.99. The molecule has 0 aromatic heterocycles. The number of fused-ring (bicyclic) bond motifs is 1. The third-order valence-electron chi connectivity index (χ3n) is 3.47. The molecule has 3 heteroatoms. The molecular formula is C14H19NO2. The zero-order valence-corrected chi connectivity index (χ0v) is 10.4. The van der Waals surface area contributed by atoms with Crippen molar-refractivity contribution in [2.45, 2.75) is 26.7 Å². The largest absolute Gasteiger partial charge is 0.396 e. The highest BCUT2D eigenvalue weighted by Crippen LogP contribution is 2.26. The van der Waals surface area contributed by atoms with Crippen molar-refractivity contribution >= 4 is 11.6 Å². The lowest BCUT2D eigenvalue weighted by atomic mass is 9.89. The second-order valence-electron chi connectivity index (χ2n) is 5.11. The second-order valence-corrected chi connectivity index (χ2v) is 5.11. The monoisotopic (exact) mass is 233 g/mol. The van der Waals surface area contributed by atoms with Crippen LogP contribution < -0.4 is 5.32 Å². The maximum Gasteiger partial charge on any atom is 0.228 e. The van der Waals surface area contributed by atoms with Crippen LogP contribution in [0.4, 0.5) is 5.69 Å². The number of nitrogens with one attached hydrogen (secondary N) is 1. The van der Waals surface area contributed by atoms with Crippen LogP contribution in [-0.2, 0) is 17.6 Å². The van der Waals surface area contributed by atoms with E-state index in [0.717, 1.165) is 17.7 Å². The smallest absolute Gasteiger partial charge is 0.228 e. The van der Waals surface area contributed by atoms with Gasteiger partial charge in [0.2, 0.25) is 5.91 Å². The first-order chi connectivity index (χ1) is 8.10. The van der Waals surface area contributed by atoms with E-state index in [0.29, 0.717) is 12.3 Å². The molecule has 1 unspecified atom stereocenters. The van der Waals surface area contributed by atoms with Gasteiger partial charge in [-0.3, -0.25) is 4.79 Å². The van der Waals surface area contributed by atoms with Crippen LogP contribution in [-0.4, -0.2) is 17.6 Å². The maximum atomic E-state index is 11.2. The van der Waals surface area contributed by atoms with Crippen LogP contribution in [0, 0.1) is 11.8 Å². The van der Waals surface area contributed by atoms with E-state index in [1.54, 1.807) is 0 Å². The van der Waals surface area contributed by atoms with Gasteiger partial charge in [-0.05, 0) is 35.4 Å². The predicted octanol–water partition coefficient (Wildman–Crippen LogP) is 1.99. The molecule has 1 aromatic carbocycles. The Bertz CT molecular complexity index is 426. The van der Waals surface area contributed by atoms with E-state index in [-0.39, 0.29) is 18.4 Å². The van der Waals surface area contributed by atoms with Gasteiger partial charge in [0.1, 0.15) is 0 Å². The summed E-state index contributed by atoms with van der Waals surface area (Å²) >= 11 is 0. The summed E-state index contributed by atoms with van der Waals surface area (Å²) in [6.45, 7) is 4.46. The Kier molecular flexibility index (Phi) is 3.48. The van der Waals surface area contributed by atoms with Crippen LogP contribution >= 0.6 is 0 Å². The van der Waals surface area contributed by atoms with Crippen molar-refractivity contribution in [3.05, 3.63) is 29.3 Å². The summed E-state index contributed by atoms with van der Waals surface area (Å²) in [6.07, 6.45) is 1.35. The Balaban J connectivity index is 2.13. The summed E-state index contributed by atoms with van der Waals surface area (Å²) < 4.78 is 0. The number of aliphatic hydroxyl groups excluding tert-OH is 1. The first kappa shape index (κ1) is 12.1. The molecule has 2 N–H and O–H groups in total. The third kappa shape index (κ3) is 2.67. The Hall–Kier alpha value is -1.35. The van der Waals surface area contributed by atoms with Crippen LogP contribution in [0.15, 0.2) is 18.2 Å².